The molecule has 0 unspecified atom stereocenters. The molecule has 0 spiro atoms. The molecule has 2 aromatic carbocycles. The Balaban J connectivity index is 1.47. The Labute approximate surface area is 167 Å². The summed E-state index contributed by atoms with van der Waals surface area (Å²) in [5.41, 5.74) is 5.12. The van der Waals surface area contributed by atoms with Crippen molar-refractivity contribution in [1.29, 1.82) is 0 Å². The van der Waals surface area contributed by atoms with Gasteiger partial charge in [0.15, 0.2) is 0 Å². The van der Waals surface area contributed by atoms with E-state index in [0.717, 1.165) is 44.7 Å². The van der Waals surface area contributed by atoms with Gasteiger partial charge >= 0.3 is 0 Å². The van der Waals surface area contributed by atoms with E-state index in [1.807, 2.05) is 12.3 Å². The van der Waals surface area contributed by atoms with Crippen molar-refractivity contribution >= 4 is 10.9 Å². The Morgan fingerprint density at radius 2 is 1.79 bits per heavy atom. The SMILES string of the molecule is Cc1ccccc1CN1CCN(Cc2cccc3cccnc23)C[C@H]1CCO. The van der Waals surface area contributed by atoms with Crippen molar-refractivity contribution in [3.63, 3.8) is 0 Å². The molecule has 0 amide bonds. The summed E-state index contributed by atoms with van der Waals surface area (Å²) < 4.78 is 0. The molecule has 1 aromatic heterocycles. The number of hydrogen-bond acceptors (Lipinski definition) is 4. The largest absolute Gasteiger partial charge is 0.396 e. The van der Waals surface area contributed by atoms with Crippen molar-refractivity contribution in [3.8, 4) is 0 Å². The summed E-state index contributed by atoms with van der Waals surface area (Å²) in [6.45, 7) is 7.33. The average Bonchev–Trinajstić information content (AvgIpc) is 2.72. The van der Waals surface area contributed by atoms with Crippen molar-refractivity contribution in [1.82, 2.24) is 14.8 Å². The van der Waals surface area contributed by atoms with Crippen LogP contribution in [0.25, 0.3) is 10.9 Å². The van der Waals surface area contributed by atoms with E-state index in [9.17, 15) is 5.11 Å². The van der Waals surface area contributed by atoms with Crippen LogP contribution in [0, 0.1) is 6.92 Å². The van der Waals surface area contributed by atoms with Crippen LogP contribution in [0.3, 0.4) is 0 Å². The van der Waals surface area contributed by atoms with E-state index in [-0.39, 0.29) is 6.61 Å². The lowest BCUT2D eigenvalue weighted by molar-refractivity contribution is 0.0500. The molecule has 0 bridgehead atoms. The molecule has 146 valence electrons. The number of rotatable bonds is 6. The second-order valence-corrected chi connectivity index (χ2v) is 7.79. The molecule has 1 fully saturated rings. The second-order valence-electron chi connectivity index (χ2n) is 7.79. The lowest BCUT2D eigenvalue weighted by atomic mass is 10.0. The maximum Gasteiger partial charge on any atom is 0.0746 e. The van der Waals surface area contributed by atoms with Crippen LogP contribution in [0.5, 0.6) is 0 Å². The third-order valence-corrected chi connectivity index (χ3v) is 5.90. The van der Waals surface area contributed by atoms with Gasteiger partial charge in [-0.15, -0.1) is 0 Å². The van der Waals surface area contributed by atoms with Crippen LogP contribution in [-0.4, -0.2) is 52.2 Å². The van der Waals surface area contributed by atoms with E-state index in [2.05, 4.69) is 70.2 Å². The molecule has 1 aliphatic heterocycles. The zero-order valence-corrected chi connectivity index (χ0v) is 16.6. The number of aromatic nitrogens is 1. The number of piperazine rings is 1. The Morgan fingerprint density at radius 1 is 0.964 bits per heavy atom. The minimum atomic E-state index is 0.235. The maximum atomic E-state index is 9.62. The first-order valence-electron chi connectivity index (χ1n) is 10.2. The highest BCUT2D eigenvalue weighted by Crippen LogP contribution is 2.22. The van der Waals surface area contributed by atoms with Gasteiger partial charge in [0.25, 0.3) is 0 Å². The Hall–Kier alpha value is -2.27. The number of aliphatic hydroxyl groups is 1. The zero-order chi connectivity index (χ0) is 19.3. The molecule has 4 heteroatoms. The van der Waals surface area contributed by atoms with Gasteiger partial charge in [0.05, 0.1) is 5.52 Å². The number of pyridine rings is 1. The van der Waals surface area contributed by atoms with Crippen molar-refractivity contribution in [2.45, 2.75) is 32.5 Å². The highest BCUT2D eigenvalue weighted by Gasteiger charge is 2.27. The average molecular weight is 376 g/mol. The van der Waals surface area contributed by atoms with Crippen LogP contribution < -0.4 is 0 Å². The highest BCUT2D eigenvalue weighted by molar-refractivity contribution is 5.81. The van der Waals surface area contributed by atoms with Crippen LogP contribution >= 0.6 is 0 Å². The summed E-state index contributed by atoms with van der Waals surface area (Å²) in [5, 5.41) is 10.8. The van der Waals surface area contributed by atoms with E-state index >= 15 is 0 Å². The van der Waals surface area contributed by atoms with Gasteiger partial charge < -0.3 is 5.11 Å². The van der Waals surface area contributed by atoms with Gasteiger partial charge in [-0.25, -0.2) is 0 Å². The third kappa shape index (κ3) is 4.25. The molecule has 0 aliphatic carbocycles. The maximum absolute atomic E-state index is 9.62. The van der Waals surface area contributed by atoms with E-state index in [0.29, 0.717) is 6.04 Å². The van der Waals surface area contributed by atoms with E-state index in [1.54, 1.807) is 0 Å². The summed E-state index contributed by atoms with van der Waals surface area (Å²) in [5.74, 6) is 0. The molecule has 4 nitrogen and oxygen atoms in total. The molecular formula is C24H29N3O. The minimum absolute atomic E-state index is 0.235. The molecule has 1 saturated heterocycles. The van der Waals surface area contributed by atoms with Gasteiger partial charge in [0.1, 0.15) is 0 Å². The monoisotopic (exact) mass is 375 g/mol. The highest BCUT2D eigenvalue weighted by atomic mass is 16.3. The fourth-order valence-electron chi connectivity index (χ4n) is 4.27. The summed E-state index contributed by atoms with van der Waals surface area (Å²) in [7, 11) is 0. The van der Waals surface area contributed by atoms with Crippen LogP contribution in [0.1, 0.15) is 23.1 Å². The number of fused-ring (bicyclic) bond motifs is 1. The summed E-state index contributed by atoms with van der Waals surface area (Å²) in [6.07, 6.45) is 2.69. The number of para-hydroxylation sites is 1. The van der Waals surface area contributed by atoms with Gasteiger partial charge in [-0.3, -0.25) is 14.8 Å². The summed E-state index contributed by atoms with van der Waals surface area (Å²) >= 11 is 0. The lowest BCUT2D eigenvalue weighted by Crippen LogP contribution is -2.52. The number of benzene rings is 2. The molecular weight excluding hydrogens is 346 g/mol. The summed E-state index contributed by atoms with van der Waals surface area (Å²) in [4.78, 5) is 9.66. The van der Waals surface area contributed by atoms with Gasteiger partial charge in [-0.1, -0.05) is 48.5 Å². The molecule has 0 radical (unpaired) electrons. The summed E-state index contributed by atoms with van der Waals surface area (Å²) in [6, 6.07) is 19.6. The molecule has 1 aliphatic rings. The molecule has 1 N–H and O–H groups in total. The predicted molar refractivity (Wildman–Crippen MR) is 114 cm³/mol. The predicted octanol–water partition coefficient (Wildman–Crippen LogP) is 3.61. The van der Waals surface area contributed by atoms with Crippen molar-refractivity contribution in [3.05, 3.63) is 77.5 Å². The lowest BCUT2D eigenvalue weighted by Gasteiger charge is -2.41. The molecule has 3 aromatic rings. The van der Waals surface area contributed by atoms with Crippen LogP contribution in [0.15, 0.2) is 60.8 Å². The fourth-order valence-corrected chi connectivity index (χ4v) is 4.27. The van der Waals surface area contributed by atoms with Gasteiger partial charge in [-0.05, 0) is 36.1 Å². The quantitative estimate of drug-likeness (QED) is 0.714. The van der Waals surface area contributed by atoms with Crippen LogP contribution in [0.4, 0.5) is 0 Å². The first-order chi connectivity index (χ1) is 13.7. The van der Waals surface area contributed by atoms with E-state index < -0.39 is 0 Å². The smallest absolute Gasteiger partial charge is 0.0746 e. The van der Waals surface area contributed by atoms with Crippen molar-refractivity contribution < 1.29 is 5.11 Å². The van der Waals surface area contributed by atoms with Gasteiger partial charge in [-0.2, -0.15) is 0 Å². The first kappa shape index (κ1) is 19.1. The minimum Gasteiger partial charge on any atom is -0.396 e. The van der Waals surface area contributed by atoms with Crippen LogP contribution in [0.2, 0.25) is 0 Å². The first-order valence-corrected chi connectivity index (χ1v) is 10.2. The number of hydrogen-bond donors (Lipinski definition) is 1. The molecule has 4 rings (SSSR count). The van der Waals surface area contributed by atoms with Crippen LogP contribution in [-0.2, 0) is 13.1 Å². The molecule has 28 heavy (non-hydrogen) atoms. The Morgan fingerprint density at radius 3 is 2.64 bits per heavy atom. The normalized spacial score (nSPS) is 18.6. The third-order valence-electron chi connectivity index (χ3n) is 5.90. The van der Waals surface area contributed by atoms with E-state index in [4.69, 9.17) is 0 Å². The Bertz CT molecular complexity index is 921. The number of aliphatic hydroxyl groups excluding tert-OH is 1. The van der Waals surface area contributed by atoms with Gasteiger partial charge in [0, 0.05) is 57.0 Å². The number of nitrogens with zero attached hydrogens (tertiary/aromatic N) is 3. The molecule has 0 saturated carbocycles. The van der Waals surface area contributed by atoms with Crippen molar-refractivity contribution in [2.24, 2.45) is 0 Å². The van der Waals surface area contributed by atoms with Crippen molar-refractivity contribution in [2.75, 3.05) is 26.2 Å². The second kappa shape index (κ2) is 8.82. The Kier molecular flexibility index (Phi) is 6.01. The molecule has 1 atom stereocenters. The number of aryl methyl sites for hydroxylation is 1. The fraction of sp³-hybridized carbons (Fsp3) is 0.375. The molecule has 2 heterocycles. The zero-order valence-electron chi connectivity index (χ0n) is 16.6. The topological polar surface area (TPSA) is 39.6 Å². The van der Waals surface area contributed by atoms with E-state index in [1.165, 1.54) is 22.1 Å². The standard InChI is InChI=1S/C24H29N3O/c1-19-6-2-3-7-21(19)17-27-14-13-26(18-23(27)11-15-28)16-22-9-4-8-20-10-5-12-25-24(20)22/h2-10,12,23,28H,11,13-18H2,1H3/t23-/m1/s1. The van der Waals surface area contributed by atoms with Gasteiger partial charge in [0.2, 0.25) is 0 Å².